The molecule has 104 valence electrons. The van der Waals surface area contributed by atoms with Crippen LogP contribution < -0.4 is 0 Å². The van der Waals surface area contributed by atoms with Gasteiger partial charge in [-0.25, -0.2) is 8.78 Å². The molecule has 0 amide bonds. The van der Waals surface area contributed by atoms with E-state index in [9.17, 15) is 13.6 Å². The van der Waals surface area contributed by atoms with Crippen molar-refractivity contribution in [2.75, 3.05) is 0 Å². The monoisotopic (exact) mass is 274 g/mol. The molecule has 0 unspecified atom stereocenters. The summed E-state index contributed by atoms with van der Waals surface area (Å²) in [6.07, 6.45) is 0.0763. The Bertz CT molecular complexity index is 675. The molecule has 3 heteroatoms. The fraction of sp³-hybridized carbons (Fsp3) is 0.235. The van der Waals surface area contributed by atoms with Crippen LogP contribution in [0.25, 0.3) is 0 Å². The molecule has 0 bridgehead atoms. The van der Waals surface area contributed by atoms with Crippen LogP contribution in [0.1, 0.15) is 32.6 Å². The third kappa shape index (κ3) is 2.93. The minimum atomic E-state index is -0.667. The molecule has 0 saturated heterocycles. The van der Waals surface area contributed by atoms with Gasteiger partial charge in [-0.1, -0.05) is 23.8 Å². The lowest BCUT2D eigenvalue weighted by molar-refractivity contribution is 0.0988. The van der Waals surface area contributed by atoms with Crippen LogP contribution in [0.15, 0.2) is 30.3 Å². The first-order valence-corrected chi connectivity index (χ1v) is 6.43. The van der Waals surface area contributed by atoms with Crippen molar-refractivity contribution in [2.24, 2.45) is 0 Å². The van der Waals surface area contributed by atoms with Crippen LogP contribution in [0.2, 0.25) is 0 Å². The van der Waals surface area contributed by atoms with Crippen LogP contribution >= 0.6 is 0 Å². The fourth-order valence-corrected chi connectivity index (χ4v) is 2.12. The zero-order valence-electron chi connectivity index (χ0n) is 11.8. The molecule has 0 heterocycles. The summed E-state index contributed by atoms with van der Waals surface area (Å²) >= 11 is 0. The number of halogens is 2. The molecular formula is C17H16F2O. The molecule has 0 aromatic heterocycles. The Morgan fingerprint density at radius 3 is 2.35 bits per heavy atom. The van der Waals surface area contributed by atoms with Gasteiger partial charge in [-0.3, -0.25) is 4.79 Å². The molecule has 0 radical (unpaired) electrons. The van der Waals surface area contributed by atoms with Gasteiger partial charge in [0.25, 0.3) is 0 Å². The summed E-state index contributed by atoms with van der Waals surface area (Å²) in [6.45, 7) is 5.30. The summed E-state index contributed by atoms with van der Waals surface area (Å²) in [7, 11) is 0. The van der Waals surface area contributed by atoms with Crippen molar-refractivity contribution in [1.82, 2.24) is 0 Å². The van der Waals surface area contributed by atoms with E-state index in [2.05, 4.69) is 0 Å². The van der Waals surface area contributed by atoms with Crippen LogP contribution in [0.3, 0.4) is 0 Å². The highest BCUT2D eigenvalue weighted by atomic mass is 19.1. The van der Waals surface area contributed by atoms with Crippen LogP contribution in [-0.4, -0.2) is 5.78 Å². The Labute approximate surface area is 117 Å². The van der Waals surface area contributed by atoms with E-state index in [4.69, 9.17) is 0 Å². The predicted octanol–water partition coefficient (Wildman–Crippen LogP) is 4.32. The van der Waals surface area contributed by atoms with E-state index in [0.717, 1.165) is 28.8 Å². The van der Waals surface area contributed by atoms with E-state index >= 15 is 0 Å². The SMILES string of the molecule is Cc1ccc(C)c(CC(=O)c2cc(F)c(C)cc2F)c1. The van der Waals surface area contributed by atoms with Crippen LogP contribution in [-0.2, 0) is 6.42 Å². The molecular weight excluding hydrogens is 258 g/mol. The summed E-state index contributed by atoms with van der Waals surface area (Å²) in [6, 6.07) is 7.82. The average molecular weight is 274 g/mol. The summed E-state index contributed by atoms with van der Waals surface area (Å²) in [5.74, 6) is -1.63. The molecule has 0 saturated carbocycles. The normalized spacial score (nSPS) is 10.7. The van der Waals surface area contributed by atoms with Crippen molar-refractivity contribution in [3.8, 4) is 0 Å². The first-order valence-electron chi connectivity index (χ1n) is 6.43. The highest BCUT2D eigenvalue weighted by Gasteiger charge is 2.16. The average Bonchev–Trinajstić information content (AvgIpc) is 2.38. The molecule has 1 nitrogen and oxygen atoms in total. The standard InChI is InChI=1S/C17H16F2O/c1-10-4-5-11(2)13(6-10)8-17(20)14-9-15(18)12(3)7-16(14)19/h4-7,9H,8H2,1-3H3. The van der Waals surface area contributed by atoms with E-state index < -0.39 is 17.4 Å². The zero-order chi connectivity index (χ0) is 14.9. The quantitative estimate of drug-likeness (QED) is 0.762. The maximum absolute atomic E-state index is 13.8. The largest absolute Gasteiger partial charge is 0.294 e. The second-order valence-corrected chi connectivity index (χ2v) is 5.11. The van der Waals surface area contributed by atoms with Gasteiger partial charge in [-0.05, 0) is 49.6 Å². The van der Waals surface area contributed by atoms with Crippen molar-refractivity contribution < 1.29 is 13.6 Å². The first kappa shape index (κ1) is 14.4. The third-order valence-electron chi connectivity index (χ3n) is 3.40. The molecule has 0 atom stereocenters. The van der Waals surface area contributed by atoms with Gasteiger partial charge in [0, 0.05) is 6.42 Å². The Kier molecular flexibility index (Phi) is 3.98. The van der Waals surface area contributed by atoms with Gasteiger partial charge >= 0.3 is 0 Å². The van der Waals surface area contributed by atoms with Crippen molar-refractivity contribution in [1.29, 1.82) is 0 Å². The van der Waals surface area contributed by atoms with Gasteiger partial charge in [0.15, 0.2) is 5.78 Å². The third-order valence-corrected chi connectivity index (χ3v) is 3.40. The Balaban J connectivity index is 2.33. The van der Waals surface area contributed by atoms with Gasteiger partial charge in [0.05, 0.1) is 5.56 Å². The number of hydrogen-bond acceptors (Lipinski definition) is 1. The summed E-state index contributed by atoms with van der Waals surface area (Å²) in [5.41, 5.74) is 2.86. The summed E-state index contributed by atoms with van der Waals surface area (Å²) in [5, 5.41) is 0. The lowest BCUT2D eigenvalue weighted by atomic mass is 9.97. The van der Waals surface area contributed by atoms with Gasteiger partial charge in [-0.2, -0.15) is 0 Å². The zero-order valence-corrected chi connectivity index (χ0v) is 11.8. The van der Waals surface area contributed by atoms with Crippen molar-refractivity contribution in [3.63, 3.8) is 0 Å². The summed E-state index contributed by atoms with van der Waals surface area (Å²) in [4.78, 5) is 12.2. The van der Waals surface area contributed by atoms with E-state index in [1.807, 2.05) is 32.0 Å². The maximum atomic E-state index is 13.8. The van der Waals surface area contributed by atoms with Gasteiger partial charge in [-0.15, -0.1) is 0 Å². The molecule has 2 aromatic carbocycles. The molecule has 0 spiro atoms. The van der Waals surface area contributed by atoms with Crippen LogP contribution in [0, 0.1) is 32.4 Å². The highest BCUT2D eigenvalue weighted by Crippen LogP contribution is 2.18. The lowest BCUT2D eigenvalue weighted by Crippen LogP contribution is -2.08. The molecule has 0 aliphatic rings. The lowest BCUT2D eigenvalue weighted by Gasteiger charge is -2.08. The van der Waals surface area contributed by atoms with Crippen molar-refractivity contribution >= 4 is 5.78 Å². The minimum absolute atomic E-state index is 0.0763. The molecule has 0 aliphatic heterocycles. The molecule has 20 heavy (non-hydrogen) atoms. The molecule has 0 N–H and O–H groups in total. The highest BCUT2D eigenvalue weighted by molar-refractivity contribution is 5.98. The summed E-state index contributed by atoms with van der Waals surface area (Å²) < 4.78 is 27.3. The van der Waals surface area contributed by atoms with E-state index in [0.29, 0.717) is 0 Å². The Hall–Kier alpha value is -2.03. The van der Waals surface area contributed by atoms with Crippen molar-refractivity contribution in [2.45, 2.75) is 27.2 Å². The molecule has 0 aliphatic carbocycles. The Morgan fingerprint density at radius 2 is 1.65 bits per heavy atom. The van der Waals surface area contributed by atoms with Crippen molar-refractivity contribution in [3.05, 3.63) is 69.8 Å². The molecule has 2 rings (SSSR count). The number of hydrogen-bond donors (Lipinski definition) is 0. The van der Waals surface area contributed by atoms with Gasteiger partial charge < -0.3 is 0 Å². The second-order valence-electron chi connectivity index (χ2n) is 5.11. The number of ketones is 1. The second kappa shape index (κ2) is 5.53. The van der Waals surface area contributed by atoms with Gasteiger partial charge in [0.2, 0.25) is 0 Å². The van der Waals surface area contributed by atoms with Crippen LogP contribution in [0.4, 0.5) is 8.78 Å². The number of Topliss-reactive ketones (excluding diaryl/α,β-unsaturated/α-hetero) is 1. The number of aryl methyl sites for hydroxylation is 3. The number of carbonyl (C=O) groups is 1. The van der Waals surface area contributed by atoms with E-state index in [1.54, 1.807) is 0 Å². The maximum Gasteiger partial charge on any atom is 0.170 e. The fourth-order valence-electron chi connectivity index (χ4n) is 2.12. The van der Waals surface area contributed by atoms with Crippen LogP contribution in [0.5, 0.6) is 0 Å². The minimum Gasteiger partial charge on any atom is -0.294 e. The first-order chi connectivity index (χ1) is 9.38. The topological polar surface area (TPSA) is 17.1 Å². The van der Waals surface area contributed by atoms with E-state index in [1.165, 1.54) is 6.92 Å². The Morgan fingerprint density at radius 1 is 0.950 bits per heavy atom. The smallest absolute Gasteiger partial charge is 0.170 e. The van der Waals surface area contributed by atoms with Gasteiger partial charge in [0.1, 0.15) is 11.6 Å². The number of rotatable bonds is 3. The number of benzene rings is 2. The molecule has 0 fully saturated rings. The molecule has 2 aromatic rings. The predicted molar refractivity (Wildman–Crippen MR) is 75.0 cm³/mol. The van der Waals surface area contributed by atoms with E-state index in [-0.39, 0.29) is 17.5 Å². The number of carbonyl (C=O) groups excluding carboxylic acids is 1.